The van der Waals surface area contributed by atoms with Crippen molar-refractivity contribution in [2.45, 2.75) is 49.5 Å². The molecular weight excluding hydrogens is 320 g/mol. The number of fused-ring (bicyclic) bond motifs is 2. The topological polar surface area (TPSA) is 71.8 Å². The summed E-state index contributed by atoms with van der Waals surface area (Å²) in [5.41, 5.74) is 0. The first-order chi connectivity index (χ1) is 11.1. The molecule has 8 heteroatoms. The van der Waals surface area contributed by atoms with E-state index in [9.17, 15) is 5.11 Å². The number of halogens is 1. The van der Waals surface area contributed by atoms with Gasteiger partial charge in [0.1, 0.15) is 12.1 Å². The molecule has 0 spiro atoms. The van der Waals surface area contributed by atoms with Crippen LogP contribution in [0.25, 0.3) is 0 Å². The molecule has 23 heavy (non-hydrogen) atoms. The normalized spacial score (nSPS) is 39.0. The molecule has 128 valence electrons. The van der Waals surface area contributed by atoms with Crippen LogP contribution >= 0.6 is 11.6 Å². The van der Waals surface area contributed by atoms with Crippen LogP contribution in [0, 0.1) is 0 Å². The molecule has 5 atom stereocenters. The van der Waals surface area contributed by atoms with Gasteiger partial charge in [-0.1, -0.05) is 11.6 Å². The zero-order chi connectivity index (χ0) is 16.0. The first kappa shape index (κ1) is 15.8. The number of nitrogens with one attached hydrogen (secondary N) is 1. The number of aliphatic hydroxyl groups is 1. The van der Waals surface area contributed by atoms with E-state index in [1.165, 1.54) is 0 Å². The van der Waals surface area contributed by atoms with Crippen LogP contribution in [0.2, 0.25) is 5.02 Å². The van der Waals surface area contributed by atoms with Gasteiger partial charge < -0.3 is 24.8 Å². The van der Waals surface area contributed by atoms with E-state index >= 15 is 0 Å². The van der Waals surface area contributed by atoms with E-state index < -0.39 is 12.4 Å². The highest BCUT2D eigenvalue weighted by molar-refractivity contribution is 6.30. The second kappa shape index (κ2) is 6.31. The molecule has 4 rings (SSSR count). The molecule has 3 aliphatic heterocycles. The van der Waals surface area contributed by atoms with E-state index in [0.717, 1.165) is 25.9 Å². The number of nitrogens with zero attached hydrogens (tertiary/aromatic N) is 3. The fourth-order valence-electron chi connectivity index (χ4n) is 3.81. The monoisotopic (exact) mass is 342 g/mol. The van der Waals surface area contributed by atoms with Gasteiger partial charge in [0.2, 0.25) is 0 Å². The summed E-state index contributed by atoms with van der Waals surface area (Å²) in [6.07, 6.45) is 4.21. The lowest BCUT2D eigenvalue weighted by molar-refractivity contribution is -0.169. The minimum atomic E-state index is -0.628. The van der Waals surface area contributed by atoms with E-state index in [1.807, 2.05) is 0 Å². The molecule has 0 saturated carbocycles. The average molecular weight is 343 g/mol. The van der Waals surface area contributed by atoms with Crippen LogP contribution in [0.1, 0.15) is 18.9 Å². The molecule has 1 aromatic heterocycles. The first-order valence-electron chi connectivity index (χ1n) is 8.21. The summed E-state index contributed by atoms with van der Waals surface area (Å²) in [5.74, 6) is 0. The van der Waals surface area contributed by atoms with Gasteiger partial charge in [-0.3, -0.25) is 4.68 Å². The van der Waals surface area contributed by atoms with Crippen molar-refractivity contribution in [1.82, 2.24) is 20.0 Å². The minimum absolute atomic E-state index is 0.114. The molecule has 2 bridgehead atoms. The molecule has 3 saturated heterocycles. The maximum atomic E-state index is 10.9. The van der Waals surface area contributed by atoms with E-state index in [2.05, 4.69) is 22.4 Å². The molecule has 1 aromatic rings. The second-order valence-corrected chi connectivity index (χ2v) is 7.20. The summed E-state index contributed by atoms with van der Waals surface area (Å²) in [4.78, 5) is 2.33. The van der Waals surface area contributed by atoms with Crippen LogP contribution in [0.4, 0.5) is 0 Å². The van der Waals surface area contributed by atoms with Crippen molar-refractivity contribution in [3.8, 4) is 0 Å². The Balaban J connectivity index is 1.50. The zero-order valence-corrected chi connectivity index (χ0v) is 13.9. The third-order valence-corrected chi connectivity index (χ3v) is 5.35. The summed E-state index contributed by atoms with van der Waals surface area (Å²) in [7, 11) is 2.14. The maximum absolute atomic E-state index is 10.9. The summed E-state index contributed by atoms with van der Waals surface area (Å²) in [6, 6.07) is -0.145. The molecule has 0 radical (unpaired) electrons. The molecular formula is C15H23ClN4O3. The molecule has 2 N–H and O–H groups in total. The van der Waals surface area contributed by atoms with E-state index in [4.69, 9.17) is 21.1 Å². The highest BCUT2D eigenvalue weighted by atomic mass is 35.5. The van der Waals surface area contributed by atoms with Crippen LogP contribution in [0.5, 0.6) is 0 Å². The van der Waals surface area contributed by atoms with Crippen LogP contribution in [0.15, 0.2) is 12.4 Å². The summed E-state index contributed by atoms with van der Waals surface area (Å²) in [5, 5.41) is 19.3. The Morgan fingerprint density at radius 2 is 2.17 bits per heavy atom. The SMILES string of the molecule is CN1CCC(N[C@H]2[C@H](O)[C@@H](n3cc(Cl)cn3)[C@@H]3OC[C@H]2O3)CC1. The number of rotatable bonds is 3. The van der Waals surface area contributed by atoms with E-state index in [1.54, 1.807) is 17.1 Å². The Morgan fingerprint density at radius 3 is 2.87 bits per heavy atom. The van der Waals surface area contributed by atoms with Gasteiger partial charge in [0.05, 0.1) is 30.0 Å². The van der Waals surface area contributed by atoms with Gasteiger partial charge in [0.15, 0.2) is 6.29 Å². The van der Waals surface area contributed by atoms with Gasteiger partial charge >= 0.3 is 0 Å². The largest absolute Gasteiger partial charge is 0.389 e. The van der Waals surface area contributed by atoms with E-state index in [-0.39, 0.29) is 18.2 Å². The predicted octanol–water partition coefficient (Wildman–Crippen LogP) is 0.246. The van der Waals surface area contributed by atoms with E-state index in [0.29, 0.717) is 17.7 Å². The highest BCUT2D eigenvalue weighted by Crippen LogP contribution is 2.36. The summed E-state index contributed by atoms with van der Waals surface area (Å²) in [6.45, 7) is 2.64. The Kier molecular flexibility index (Phi) is 4.34. The molecule has 0 amide bonds. The Hall–Kier alpha value is -0.700. The van der Waals surface area contributed by atoms with Gasteiger partial charge in [-0.15, -0.1) is 0 Å². The number of aliphatic hydroxyl groups excluding tert-OH is 1. The lowest BCUT2D eigenvalue weighted by atomic mass is 9.93. The molecule has 3 fully saturated rings. The Labute approximate surface area is 140 Å². The van der Waals surface area contributed by atoms with Crippen molar-refractivity contribution in [3.05, 3.63) is 17.4 Å². The highest BCUT2D eigenvalue weighted by Gasteiger charge is 2.51. The van der Waals surface area contributed by atoms with Gasteiger partial charge in [-0.2, -0.15) is 5.10 Å². The lowest BCUT2D eigenvalue weighted by Gasteiger charge is -2.41. The third-order valence-electron chi connectivity index (χ3n) is 5.15. The van der Waals surface area contributed by atoms with Gasteiger partial charge in [-0.05, 0) is 33.0 Å². The zero-order valence-electron chi connectivity index (χ0n) is 13.1. The van der Waals surface area contributed by atoms with Crippen molar-refractivity contribution in [3.63, 3.8) is 0 Å². The Morgan fingerprint density at radius 1 is 1.39 bits per heavy atom. The Bertz CT molecular complexity index is 549. The van der Waals surface area contributed by atoms with Gasteiger partial charge in [0.25, 0.3) is 0 Å². The van der Waals surface area contributed by atoms with Crippen molar-refractivity contribution in [2.75, 3.05) is 26.7 Å². The standard InChI is InChI=1S/C15H23ClN4O3/c1-19-4-2-10(3-5-19)18-12-11-8-22-15(23-11)13(14(12)21)20-7-9(16)6-17-20/h6-7,10-15,18,21H,2-5,8H2,1H3/t11-,12-,13-,14+,15-/m1/s1. The second-order valence-electron chi connectivity index (χ2n) is 6.77. The van der Waals surface area contributed by atoms with Gasteiger partial charge in [0, 0.05) is 12.2 Å². The number of ether oxygens (including phenoxy) is 2. The fraction of sp³-hybridized carbons (Fsp3) is 0.800. The smallest absolute Gasteiger partial charge is 0.183 e. The predicted molar refractivity (Wildman–Crippen MR) is 84.3 cm³/mol. The fourth-order valence-corrected chi connectivity index (χ4v) is 3.96. The molecule has 0 unspecified atom stereocenters. The van der Waals surface area contributed by atoms with Crippen LogP contribution in [-0.2, 0) is 9.47 Å². The molecule has 0 aliphatic carbocycles. The first-order valence-corrected chi connectivity index (χ1v) is 8.59. The minimum Gasteiger partial charge on any atom is -0.389 e. The number of hydrogen-bond donors (Lipinski definition) is 2. The summed E-state index contributed by atoms with van der Waals surface area (Å²) < 4.78 is 13.3. The van der Waals surface area contributed by atoms with Crippen molar-refractivity contribution >= 4 is 11.6 Å². The molecule has 4 heterocycles. The quantitative estimate of drug-likeness (QED) is 0.820. The molecule has 0 aromatic carbocycles. The molecule has 7 nitrogen and oxygen atoms in total. The third kappa shape index (κ3) is 3.01. The van der Waals surface area contributed by atoms with Crippen LogP contribution in [-0.4, -0.2) is 77.1 Å². The van der Waals surface area contributed by atoms with Gasteiger partial charge in [-0.25, -0.2) is 0 Å². The average Bonchev–Trinajstić information content (AvgIpc) is 3.14. The summed E-state index contributed by atoms with van der Waals surface area (Å²) >= 11 is 5.97. The van der Waals surface area contributed by atoms with Crippen LogP contribution < -0.4 is 5.32 Å². The van der Waals surface area contributed by atoms with Crippen molar-refractivity contribution < 1.29 is 14.6 Å². The lowest BCUT2D eigenvalue weighted by Crippen LogP contribution is -2.60. The number of likely N-dealkylation sites (tertiary alicyclic amines) is 1. The number of piperidine rings is 1. The van der Waals surface area contributed by atoms with Crippen LogP contribution in [0.3, 0.4) is 0 Å². The number of hydrogen-bond acceptors (Lipinski definition) is 6. The number of aromatic nitrogens is 2. The van der Waals surface area contributed by atoms with Crippen molar-refractivity contribution in [1.29, 1.82) is 0 Å². The molecule has 3 aliphatic rings. The maximum Gasteiger partial charge on any atom is 0.183 e. The van der Waals surface area contributed by atoms with Crippen molar-refractivity contribution in [2.24, 2.45) is 0 Å².